The Morgan fingerprint density at radius 3 is 2.11 bits per heavy atom. The van der Waals surface area contributed by atoms with Gasteiger partial charge in [-0.25, -0.2) is 0 Å². The predicted octanol–water partition coefficient (Wildman–Crippen LogP) is 2.55. The summed E-state index contributed by atoms with van der Waals surface area (Å²) in [4.78, 5) is 10.6. The van der Waals surface area contributed by atoms with Crippen LogP contribution in [0.1, 0.15) is 20.8 Å². The number of halogens is 1. The highest BCUT2D eigenvalue weighted by molar-refractivity contribution is 14.1. The largest absolute Gasteiger partial charge is 0.294 e. The van der Waals surface area contributed by atoms with Gasteiger partial charge in [0.05, 0.1) is 3.58 Å². The van der Waals surface area contributed by atoms with Gasteiger partial charge in [-0.2, -0.15) is 0 Å². The molecule has 0 aromatic heterocycles. The Balaban J connectivity index is 4.00. The molecule has 0 N–H and O–H groups in total. The fourth-order valence-corrected chi connectivity index (χ4v) is 1.13. The first-order valence-electron chi connectivity index (χ1n) is 2.92. The van der Waals surface area contributed by atoms with Crippen molar-refractivity contribution in [2.24, 2.45) is 5.92 Å². The Kier molecular flexibility index (Phi) is 4.10. The second kappa shape index (κ2) is 4.04. The van der Waals surface area contributed by atoms with E-state index in [0.717, 1.165) is 3.58 Å². The fourth-order valence-electron chi connectivity index (χ4n) is 0.410. The van der Waals surface area contributed by atoms with E-state index in [9.17, 15) is 4.79 Å². The highest BCUT2D eigenvalue weighted by atomic mass is 127. The average Bonchev–Trinajstić information content (AvgIpc) is 1.63. The third-order valence-corrected chi connectivity index (χ3v) is 1.94. The van der Waals surface area contributed by atoms with Crippen molar-refractivity contribution in [2.45, 2.75) is 20.8 Å². The number of carbonyl (C=O) groups is 1. The van der Waals surface area contributed by atoms with Crippen LogP contribution < -0.4 is 0 Å². The quantitative estimate of drug-likeness (QED) is 0.533. The van der Waals surface area contributed by atoms with Gasteiger partial charge in [-0.1, -0.05) is 19.9 Å². The van der Waals surface area contributed by atoms with Crippen LogP contribution in [-0.2, 0) is 4.79 Å². The molecule has 0 spiro atoms. The molecule has 0 rings (SSSR count). The molecule has 0 aliphatic rings. The minimum atomic E-state index is 0.157. The molecule has 9 heavy (non-hydrogen) atoms. The van der Waals surface area contributed by atoms with Gasteiger partial charge in [0.25, 0.3) is 0 Å². The van der Waals surface area contributed by atoms with Gasteiger partial charge in [-0.15, -0.1) is 0 Å². The number of ketones is 1. The normalized spacial score (nSPS) is 12.3. The molecule has 0 radical (unpaired) electrons. The number of hydrogen-bond donors (Lipinski definition) is 0. The van der Waals surface area contributed by atoms with Crippen molar-refractivity contribution < 1.29 is 4.79 Å². The van der Waals surface area contributed by atoms with Crippen molar-refractivity contribution in [1.82, 2.24) is 0 Å². The van der Waals surface area contributed by atoms with Gasteiger partial charge in [0.15, 0.2) is 5.78 Å². The zero-order valence-corrected chi connectivity index (χ0v) is 8.10. The standard InChI is InChI=1S/C7H11IO/c1-5(2)4-7(8)6(3)9/h4-5H,1-3H3/b7-4-. The van der Waals surface area contributed by atoms with E-state index >= 15 is 0 Å². The van der Waals surface area contributed by atoms with E-state index in [4.69, 9.17) is 0 Å². The second-order valence-electron chi connectivity index (χ2n) is 2.31. The van der Waals surface area contributed by atoms with Gasteiger partial charge >= 0.3 is 0 Å². The molecule has 0 fully saturated rings. The van der Waals surface area contributed by atoms with Crippen LogP contribution in [0.5, 0.6) is 0 Å². The Labute approximate surface area is 69.7 Å². The molecule has 0 heterocycles. The van der Waals surface area contributed by atoms with Crippen molar-refractivity contribution in [3.05, 3.63) is 9.66 Å². The molecule has 0 unspecified atom stereocenters. The van der Waals surface area contributed by atoms with Gasteiger partial charge in [0.1, 0.15) is 0 Å². The highest BCUT2D eigenvalue weighted by Crippen LogP contribution is 2.10. The van der Waals surface area contributed by atoms with E-state index < -0.39 is 0 Å². The summed E-state index contributed by atoms with van der Waals surface area (Å²) < 4.78 is 0.836. The lowest BCUT2D eigenvalue weighted by molar-refractivity contribution is -0.112. The van der Waals surface area contributed by atoms with Gasteiger partial charge in [-0.05, 0) is 35.4 Å². The summed E-state index contributed by atoms with van der Waals surface area (Å²) in [6, 6.07) is 0. The van der Waals surface area contributed by atoms with E-state index in [0.29, 0.717) is 5.92 Å². The number of allylic oxidation sites excluding steroid dienone is 2. The summed E-state index contributed by atoms with van der Waals surface area (Å²) in [5, 5.41) is 0. The molecule has 0 aliphatic carbocycles. The van der Waals surface area contributed by atoms with E-state index in [1.54, 1.807) is 6.92 Å². The van der Waals surface area contributed by atoms with Crippen molar-refractivity contribution in [2.75, 3.05) is 0 Å². The number of carbonyl (C=O) groups excluding carboxylic acids is 1. The summed E-state index contributed by atoms with van der Waals surface area (Å²) in [6.45, 7) is 5.70. The molecular weight excluding hydrogens is 227 g/mol. The number of Topliss-reactive ketones (excluding diaryl/α,β-unsaturated/α-hetero) is 1. The van der Waals surface area contributed by atoms with Crippen LogP contribution in [0.15, 0.2) is 9.66 Å². The minimum absolute atomic E-state index is 0.157. The van der Waals surface area contributed by atoms with Gasteiger partial charge in [-0.3, -0.25) is 4.79 Å². The third kappa shape index (κ3) is 4.63. The van der Waals surface area contributed by atoms with Crippen LogP contribution in [0, 0.1) is 5.92 Å². The minimum Gasteiger partial charge on any atom is -0.294 e. The molecule has 2 heteroatoms. The Bertz CT molecular complexity index is 136. The molecule has 0 saturated carbocycles. The average molecular weight is 238 g/mol. The third-order valence-electron chi connectivity index (χ3n) is 0.816. The SMILES string of the molecule is CC(=O)/C(I)=C/C(C)C. The Morgan fingerprint density at radius 2 is 2.00 bits per heavy atom. The molecule has 0 atom stereocenters. The maximum absolute atomic E-state index is 10.6. The zero-order chi connectivity index (χ0) is 7.44. The molecule has 0 bridgehead atoms. The highest BCUT2D eigenvalue weighted by Gasteiger charge is 1.97. The van der Waals surface area contributed by atoms with Crippen molar-refractivity contribution >= 4 is 28.4 Å². The summed E-state index contributed by atoms with van der Waals surface area (Å²) >= 11 is 2.06. The monoisotopic (exact) mass is 238 g/mol. The maximum Gasteiger partial charge on any atom is 0.165 e. The molecule has 52 valence electrons. The van der Waals surface area contributed by atoms with E-state index in [-0.39, 0.29) is 5.78 Å². The molecular formula is C7H11IO. The first-order valence-corrected chi connectivity index (χ1v) is 4.00. The number of hydrogen-bond acceptors (Lipinski definition) is 1. The lowest BCUT2D eigenvalue weighted by Gasteiger charge is -1.94. The van der Waals surface area contributed by atoms with Crippen LogP contribution in [-0.4, -0.2) is 5.78 Å². The van der Waals surface area contributed by atoms with Crippen LogP contribution in [0.4, 0.5) is 0 Å². The van der Waals surface area contributed by atoms with Gasteiger partial charge in [0, 0.05) is 0 Å². The summed E-state index contributed by atoms with van der Waals surface area (Å²) in [5.74, 6) is 0.630. The van der Waals surface area contributed by atoms with E-state index in [1.807, 2.05) is 6.08 Å². The zero-order valence-electron chi connectivity index (χ0n) is 5.94. The first kappa shape index (κ1) is 9.14. The lowest BCUT2D eigenvalue weighted by atomic mass is 10.2. The molecule has 0 amide bonds. The molecule has 0 saturated heterocycles. The molecule has 0 aromatic carbocycles. The van der Waals surface area contributed by atoms with Crippen molar-refractivity contribution in [1.29, 1.82) is 0 Å². The molecule has 0 aliphatic heterocycles. The van der Waals surface area contributed by atoms with Crippen LogP contribution in [0.2, 0.25) is 0 Å². The fraction of sp³-hybridized carbons (Fsp3) is 0.571. The van der Waals surface area contributed by atoms with Crippen molar-refractivity contribution in [3.63, 3.8) is 0 Å². The second-order valence-corrected chi connectivity index (χ2v) is 3.48. The molecule has 1 nitrogen and oxygen atoms in total. The van der Waals surface area contributed by atoms with Crippen LogP contribution in [0.3, 0.4) is 0 Å². The van der Waals surface area contributed by atoms with Gasteiger partial charge < -0.3 is 0 Å². The first-order chi connectivity index (χ1) is 4.04. The predicted molar refractivity (Wildman–Crippen MR) is 47.6 cm³/mol. The van der Waals surface area contributed by atoms with Gasteiger partial charge in [0.2, 0.25) is 0 Å². The smallest absolute Gasteiger partial charge is 0.165 e. The maximum atomic E-state index is 10.6. The molecule has 0 aromatic rings. The van der Waals surface area contributed by atoms with Crippen LogP contribution in [0.25, 0.3) is 0 Å². The Morgan fingerprint density at radius 1 is 1.56 bits per heavy atom. The number of rotatable bonds is 2. The van der Waals surface area contributed by atoms with Crippen LogP contribution >= 0.6 is 22.6 Å². The summed E-state index contributed by atoms with van der Waals surface area (Å²) in [7, 11) is 0. The summed E-state index contributed by atoms with van der Waals surface area (Å²) in [6.07, 6.45) is 1.96. The van der Waals surface area contributed by atoms with E-state index in [1.165, 1.54) is 0 Å². The topological polar surface area (TPSA) is 17.1 Å². The van der Waals surface area contributed by atoms with Crippen molar-refractivity contribution in [3.8, 4) is 0 Å². The lowest BCUT2D eigenvalue weighted by Crippen LogP contribution is -1.90. The Hall–Kier alpha value is 0.140. The summed E-state index contributed by atoms with van der Waals surface area (Å²) in [5.41, 5.74) is 0. The van der Waals surface area contributed by atoms with E-state index in [2.05, 4.69) is 36.4 Å².